The molecular weight excluding hydrogens is 304 g/mol. The van der Waals surface area contributed by atoms with Crippen molar-refractivity contribution < 1.29 is 4.57 Å². The van der Waals surface area contributed by atoms with Crippen molar-refractivity contribution in [2.24, 2.45) is 7.05 Å². The second-order valence-corrected chi connectivity index (χ2v) is 7.57. The zero-order valence-electron chi connectivity index (χ0n) is 15.7. The highest BCUT2D eigenvalue weighted by Gasteiger charge is 2.36. The number of benzene rings is 2. The van der Waals surface area contributed by atoms with E-state index < -0.39 is 0 Å². The first kappa shape index (κ1) is 16.0. The predicted octanol–water partition coefficient (Wildman–Crippen LogP) is 4.75. The number of aromatic nitrogens is 2. The molecule has 0 atom stereocenters. The van der Waals surface area contributed by atoms with Crippen LogP contribution in [0.25, 0.3) is 22.4 Å². The second kappa shape index (κ2) is 5.52. The summed E-state index contributed by atoms with van der Waals surface area (Å²) in [7, 11) is 2.11. The maximum absolute atomic E-state index is 4.62. The molecule has 126 valence electrons. The Hall–Kier alpha value is -2.48. The van der Waals surface area contributed by atoms with E-state index in [0.717, 1.165) is 12.1 Å². The number of fused-ring (bicyclic) bond motifs is 3. The minimum atomic E-state index is 0.0293. The Labute approximate surface area is 150 Å². The zero-order chi connectivity index (χ0) is 17.8. The summed E-state index contributed by atoms with van der Waals surface area (Å²) < 4.78 is 2.20. The van der Waals surface area contributed by atoms with Crippen LogP contribution < -0.4 is 4.57 Å². The Balaban J connectivity index is 2.02. The standard InChI is InChI=1S/C23H25N2/c1-6-21-22(25(5)12-11-24-21)17-14-20-18(13-15(17)2)16-9-7-8-10-19(16)23(20,3)4/h7-14H,6H2,1-5H3/q+1. The summed E-state index contributed by atoms with van der Waals surface area (Å²) in [6.07, 6.45) is 4.87. The first-order valence-corrected chi connectivity index (χ1v) is 9.04. The van der Waals surface area contributed by atoms with Crippen LogP contribution in [0.15, 0.2) is 48.8 Å². The van der Waals surface area contributed by atoms with Crippen molar-refractivity contribution in [3.63, 3.8) is 0 Å². The highest BCUT2D eigenvalue weighted by atomic mass is 15.0. The van der Waals surface area contributed by atoms with E-state index in [4.69, 9.17) is 0 Å². The van der Waals surface area contributed by atoms with Gasteiger partial charge in [0.25, 0.3) is 0 Å². The molecule has 0 bridgehead atoms. The van der Waals surface area contributed by atoms with Crippen LogP contribution in [-0.4, -0.2) is 4.98 Å². The van der Waals surface area contributed by atoms with Gasteiger partial charge in [-0.2, -0.15) is 4.57 Å². The third-order valence-corrected chi connectivity index (χ3v) is 5.67. The number of hydrogen-bond acceptors (Lipinski definition) is 1. The molecule has 4 rings (SSSR count). The van der Waals surface area contributed by atoms with E-state index in [1.54, 1.807) is 0 Å². The fourth-order valence-electron chi connectivity index (χ4n) is 4.28. The van der Waals surface area contributed by atoms with Crippen molar-refractivity contribution in [1.29, 1.82) is 0 Å². The summed E-state index contributed by atoms with van der Waals surface area (Å²) in [5, 5.41) is 0. The number of hydrogen-bond donors (Lipinski definition) is 0. The van der Waals surface area contributed by atoms with E-state index in [9.17, 15) is 0 Å². The normalized spacial score (nSPS) is 14.3. The third-order valence-electron chi connectivity index (χ3n) is 5.67. The summed E-state index contributed by atoms with van der Waals surface area (Å²) in [4.78, 5) is 4.62. The molecule has 0 saturated heterocycles. The van der Waals surface area contributed by atoms with Gasteiger partial charge in [0.05, 0.1) is 11.8 Å². The van der Waals surface area contributed by atoms with Crippen LogP contribution in [0.2, 0.25) is 0 Å². The van der Waals surface area contributed by atoms with Crippen LogP contribution >= 0.6 is 0 Å². The van der Waals surface area contributed by atoms with Crippen molar-refractivity contribution in [2.75, 3.05) is 0 Å². The van der Waals surface area contributed by atoms with Gasteiger partial charge in [-0.05, 0) is 47.2 Å². The van der Waals surface area contributed by atoms with Gasteiger partial charge in [0.2, 0.25) is 5.69 Å². The summed E-state index contributed by atoms with van der Waals surface area (Å²) in [5.74, 6) is 0. The average molecular weight is 329 g/mol. The summed E-state index contributed by atoms with van der Waals surface area (Å²) in [5.41, 5.74) is 10.6. The van der Waals surface area contributed by atoms with Crippen LogP contribution in [0, 0.1) is 6.92 Å². The molecule has 2 heteroatoms. The molecule has 3 aromatic rings. The minimum absolute atomic E-state index is 0.0293. The van der Waals surface area contributed by atoms with Crippen molar-refractivity contribution in [3.05, 3.63) is 71.2 Å². The summed E-state index contributed by atoms with van der Waals surface area (Å²) >= 11 is 0. The molecule has 0 spiro atoms. The lowest BCUT2D eigenvalue weighted by Gasteiger charge is -2.22. The lowest BCUT2D eigenvalue weighted by atomic mass is 9.81. The molecule has 0 amide bonds. The molecule has 0 radical (unpaired) electrons. The third kappa shape index (κ3) is 2.24. The average Bonchev–Trinajstić information content (AvgIpc) is 2.82. The highest BCUT2D eigenvalue weighted by Crippen LogP contribution is 2.50. The summed E-state index contributed by atoms with van der Waals surface area (Å²) in [6, 6.07) is 13.6. The van der Waals surface area contributed by atoms with E-state index in [1.165, 1.54) is 39.1 Å². The van der Waals surface area contributed by atoms with Crippen LogP contribution in [0.5, 0.6) is 0 Å². The first-order chi connectivity index (χ1) is 11.9. The van der Waals surface area contributed by atoms with Gasteiger partial charge in [-0.1, -0.05) is 51.1 Å². The highest BCUT2D eigenvalue weighted by molar-refractivity contribution is 5.84. The second-order valence-electron chi connectivity index (χ2n) is 7.57. The fraction of sp³-hybridized carbons (Fsp3) is 0.304. The van der Waals surface area contributed by atoms with E-state index in [-0.39, 0.29) is 5.41 Å². The Morgan fingerprint density at radius 2 is 1.76 bits per heavy atom. The van der Waals surface area contributed by atoms with Crippen LogP contribution in [0.4, 0.5) is 0 Å². The smallest absolute Gasteiger partial charge is 0.234 e. The Morgan fingerprint density at radius 3 is 2.52 bits per heavy atom. The number of rotatable bonds is 2. The Bertz CT molecular complexity index is 983. The van der Waals surface area contributed by atoms with Gasteiger partial charge < -0.3 is 0 Å². The molecule has 0 aliphatic heterocycles. The molecular formula is C23H25N2+. The molecule has 2 nitrogen and oxygen atoms in total. The van der Waals surface area contributed by atoms with E-state index in [0.29, 0.717) is 0 Å². The Kier molecular flexibility index (Phi) is 3.54. The predicted molar refractivity (Wildman–Crippen MR) is 103 cm³/mol. The van der Waals surface area contributed by atoms with Gasteiger partial charge in [-0.25, -0.2) is 4.98 Å². The van der Waals surface area contributed by atoms with E-state index in [2.05, 4.69) is 80.7 Å². The lowest BCUT2D eigenvalue weighted by molar-refractivity contribution is -0.661. The first-order valence-electron chi connectivity index (χ1n) is 9.04. The van der Waals surface area contributed by atoms with Crippen molar-refractivity contribution in [1.82, 2.24) is 4.98 Å². The number of aryl methyl sites for hydroxylation is 3. The molecule has 1 aliphatic rings. The van der Waals surface area contributed by atoms with Crippen LogP contribution in [0.1, 0.15) is 43.2 Å². The molecule has 2 aromatic carbocycles. The van der Waals surface area contributed by atoms with E-state index in [1.807, 2.05) is 12.4 Å². The van der Waals surface area contributed by atoms with Crippen molar-refractivity contribution in [2.45, 2.75) is 39.5 Å². The van der Waals surface area contributed by atoms with Crippen molar-refractivity contribution in [3.8, 4) is 22.4 Å². The molecule has 1 heterocycles. The summed E-state index contributed by atoms with van der Waals surface area (Å²) in [6.45, 7) is 9.06. The molecule has 25 heavy (non-hydrogen) atoms. The topological polar surface area (TPSA) is 16.8 Å². The van der Waals surface area contributed by atoms with Gasteiger partial charge in [-0.3, -0.25) is 0 Å². The van der Waals surface area contributed by atoms with Crippen LogP contribution in [-0.2, 0) is 18.9 Å². The maximum atomic E-state index is 4.62. The molecule has 0 fully saturated rings. The molecule has 0 unspecified atom stereocenters. The monoisotopic (exact) mass is 329 g/mol. The van der Waals surface area contributed by atoms with Gasteiger partial charge in [0.15, 0.2) is 6.20 Å². The largest absolute Gasteiger partial charge is 0.248 e. The zero-order valence-corrected chi connectivity index (χ0v) is 15.7. The van der Waals surface area contributed by atoms with Gasteiger partial charge in [0.1, 0.15) is 12.7 Å². The Morgan fingerprint density at radius 1 is 1.00 bits per heavy atom. The lowest BCUT2D eigenvalue weighted by Crippen LogP contribution is -2.32. The van der Waals surface area contributed by atoms with E-state index >= 15 is 0 Å². The quantitative estimate of drug-likeness (QED) is 0.620. The SMILES string of the molecule is CCc1ncc[n+](C)c1-c1cc2c(cc1C)-c1ccccc1C2(C)C. The molecule has 1 aliphatic carbocycles. The van der Waals surface area contributed by atoms with Crippen LogP contribution in [0.3, 0.4) is 0 Å². The molecule has 0 N–H and O–H groups in total. The molecule has 1 aromatic heterocycles. The fourth-order valence-corrected chi connectivity index (χ4v) is 4.28. The minimum Gasteiger partial charge on any atom is -0.248 e. The van der Waals surface area contributed by atoms with Gasteiger partial charge in [-0.15, -0.1) is 0 Å². The van der Waals surface area contributed by atoms with Crippen molar-refractivity contribution >= 4 is 0 Å². The molecule has 0 saturated carbocycles. The number of nitrogens with zero attached hydrogens (tertiary/aromatic N) is 2. The maximum Gasteiger partial charge on any atom is 0.234 e. The van der Waals surface area contributed by atoms with Gasteiger partial charge in [0, 0.05) is 5.41 Å². The van der Waals surface area contributed by atoms with Gasteiger partial charge >= 0.3 is 0 Å².